The van der Waals surface area contributed by atoms with Crippen molar-refractivity contribution >= 4 is 17.5 Å². The summed E-state index contributed by atoms with van der Waals surface area (Å²) in [6, 6.07) is 1.49. The van der Waals surface area contributed by atoms with Crippen LogP contribution in [0.5, 0.6) is 0 Å². The molecule has 1 saturated heterocycles. The molecule has 0 saturated carbocycles. The monoisotopic (exact) mass is 320 g/mol. The summed E-state index contributed by atoms with van der Waals surface area (Å²) in [5.74, 6) is 0.619. The van der Waals surface area contributed by atoms with Gasteiger partial charge in [0.2, 0.25) is 0 Å². The molecule has 1 fully saturated rings. The van der Waals surface area contributed by atoms with Crippen LogP contribution in [-0.2, 0) is 11.3 Å². The second kappa shape index (κ2) is 6.46. The van der Waals surface area contributed by atoms with Crippen LogP contribution in [0.2, 0.25) is 5.02 Å². The highest BCUT2D eigenvalue weighted by atomic mass is 35.5. The number of aromatic nitrogens is 3. The molecule has 2 aromatic rings. The predicted molar refractivity (Wildman–Crippen MR) is 81.7 cm³/mol. The molecule has 0 aliphatic carbocycles. The quantitative estimate of drug-likeness (QED) is 0.937. The number of nitrogens with one attached hydrogen (secondary N) is 1. The first-order valence-corrected chi connectivity index (χ1v) is 7.61. The van der Waals surface area contributed by atoms with Gasteiger partial charge in [0, 0.05) is 37.9 Å². The second-order valence-electron chi connectivity index (χ2n) is 5.09. The molecule has 1 N–H and O–H groups in total. The Bertz CT molecular complexity index is 673. The molecule has 2 aromatic heterocycles. The molecule has 0 bridgehead atoms. The van der Waals surface area contributed by atoms with Crippen molar-refractivity contribution in [2.45, 2.75) is 32.0 Å². The Labute approximate surface area is 133 Å². The molecule has 1 amide bonds. The number of imidazole rings is 1. The van der Waals surface area contributed by atoms with Gasteiger partial charge in [-0.05, 0) is 19.4 Å². The van der Waals surface area contributed by atoms with E-state index in [1.165, 1.54) is 6.20 Å². The van der Waals surface area contributed by atoms with Gasteiger partial charge >= 0.3 is 0 Å². The van der Waals surface area contributed by atoms with Gasteiger partial charge in [-0.3, -0.25) is 9.78 Å². The number of hydrogen-bond acceptors (Lipinski definition) is 4. The third kappa shape index (κ3) is 2.84. The summed E-state index contributed by atoms with van der Waals surface area (Å²) in [6.07, 6.45) is 7.18. The molecule has 1 aliphatic rings. The lowest BCUT2D eigenvalue weighted by atomic mass is 10.1. The van der Waals surface area contributed by atoms with Gasteiger partial charge in [0.05, 0.1) is 16.6 Å². The van der Waals surface area contributed by atoms with E-state index < -0.39 is 0 Å². The van der Waals surface area contributed by atoms with E-state index in [9.17, 15) is 4.79 Å². The molecule has 22 heavy (non-hydrogen) atoms. The van der Waals surface area contributed by atoms with Crippen molar-refractivity contribution in [3.05, 3.63) is 47.3 Å². The highest BCUT2D eigenvalue weighted by Crippen LogP contribution is 2.28. The standard InChI is InChI=1S/C15H17ClN4O2/c1-2-20-7-6-18-14(20)13-12(4-8-22-13)19-15(21)10-3-5-17-9-11(10)16/h3,5-7,9,12-13H,2,4,8H2,1H3,(H,19,21)/t12-,13-/m0/s1. The van der Waals surface area contributed by atoms with Gasteiger partial charge in [0.25, 0.3) is 5.91 Å². The van der Waals surface area contributed by atoms with Crippen molar-refractivity contribution in [1.29, 1.82) is 0 Å². The van der Waals surface area contributed by atoms with E-state index in [1.807, 2.05) is 17.7 Å². The minimum atomic E-state index is -0.237. The van der Waals surface area contributed by atoms with Crippen molar-refractivity contribution in [1.82, 2.24) is 19.9 Å². The minimum Gasteiger partial charge on any atom is -0.368 e. The van der Waals surface area contributed by atoms with E-state index in [0.29, 0.717) is 17.2 Å². The Kier molecular flexibility index (Phi) is 4.40. The number of hydrogen-bond donors (Lipinski definition) is 1. The Hall–Kier alpha value is -1.92. The van der Waals surface area contributed by atoms with E-state index in [0.717, 1.165) is 18.8 Å². The maximum atomic E-state index is 12.4. The second-order valence-corrected chi connectivity index (χ2v) is 5.49. The molecule has 1 aliphatic heterocycles. The summed E-state index contributed by atoms with van der Waals surface area (Å²) >= 11 is 6.02. The third-order valence-corrected chi connectivity index (χ3v) is 4.07. The largest absolute Gasteiger partial charge is 0.368 e. The number of amides is 1. The fraction of sp³-hybridized carbons (Fsp3) is 0.400. The summed E-state index contributed by atoms with van der Waals surface area (Å²) in [5.41, 5.74) is 0.418. The molecular formula is C15H17ClN4O2. The number of carbonyl (C=O) groups is 1. The molecule has 7 heteroatoms. The van der Waals surface area contributed by atoms with Crippen molar-refractivity contribution in [2.24, 2.45) is 0 Å². The van der Waals surface area contributed by atoms with Crippen molar-refractivity contribution in [3.63, 3.8) is 0 Å². The average Bonchev–Trinajstić information content (AvgIpc) is 3.15. The van der Waals surface area contributed by atoms with Gasteiger partial charge in [0.1, 0.15) is 11.9 Å². The smallest absolute Gasteiger partial charge is 0.253 e. The lowest BCUT2D eigenvalue weighted by Gasteiger charge is -2.20. The van der Waals surface area contributed by atoms with Gasteiger partial charge in [-0.1, -0.05) is 11.6 Å². The molecule has 0 unspecified atom stereocenters. The van der Waals surface area contributed by atoms with Crippen LogP contribution in [0.4, 0.5) is 0 Å². The van der Waals surface area contributed by atoms with E-state index in [1.54, 1.807) is 18.5 Å². The summed E-state index contributed by atoms with van der Waals surface area (Å²) < 4.78 is 7.80. The molecule has 3 heterocycles. The molecule has 0 radical (unpaired) electrons. The predicted octanol–water partition coefficient (Wildman–Crippen LogP) is 2.21. The first-order chi connectivity index (χ1) is 10.7. The zero-order valence-corrected chi connectivity index (χ0v) is 13.0. The number of carbonyl (C=O) groups excluding carboxylic acids is 1. The first-order valence-electron chi connectivity index (χ1n) is 7.23. The lowest BCUT2D eigenvalue weighted by molar-refractivity contribution is 0.0775. The Morgan fingerprint density at radius 1 is 1.55 bits per heavy atom. The van der Waals surface area contributed by atoms with Crippen molar-refractivity contribution in [2.75, 3.05) is 6.61 Å². The van der Waals surface area contributed by atoms with Gasteiger partial charge in [0.15, 0.2) is 0 Å². The zero-order chi connectivity index (χ0) is 15.5. The maximum absolute atomic E-state index is 12.4. The number of pyridine rings is 1. The van der Waals surface area contributed by atoms with Crippen LogP contribution in [0.15, 0.2) is 30.9 Å². The van der Waals surface area contributed by atoms with Crippen LogP contribution in [0.25, 0.3) is 0 Å². The van der Waals surface area contributed by atoms with E-state index in [2.05, 4.69) is 15.3 Å². The van der Waals surface area contributed by atoms with Gasteiger partial charge in [-0.2, -0.15) is 0 Å². The molecule has 116 valence electrons. The first kappa shape index (κ1) is 15.0. The minimum absolute atomic E-state index is 0.121. The van der Waals surface area contributed by atoms with Crippen molar-refractivity contribution < 1.29 is 9.53 Å². The SMILES string of the molecule is CCn1ccnc1[C@H]1OCC[C@@H]1NC(=O)c1ccncc1Cl. The molecule has 0 aromatic carbocycles. The number of aryl methyl sites for hydroxylation is 1. The fourth-order valence-electron chi connectivity index (χ4n) is 2.64. The summed E-state index contributed by atoms with van der Waals surface area (Å²) in [5, 5.41) is 3.33. The molecular weight excluding hydrogens is 304 g/mol. The summed E-state index contributed by atoms with van der Waals surface area (Å²) in [6.45, 7) is 3.45. The van der Waals surface area contributed by atoms with Gasteiger partial charge in [-0.15, -0.1) is 0 Å². The molecule has 3 rings (SSSR count). The highest BCUT2D eigenvalue weighted by Gasteiger charge is 2.34. The Morgan fingerprint density at radius 2 is 2.41 bits per heavy atom. The Balaban J connectivity index is 1.77. The van der Waals surface area contributed by atoms with E-state index >= 15 is 0 Å². The van der Waals surface area contributed by atoms with Crippen LogP contribution in [0.1, 0.15) is 35.6 Å². The topological polar surface area (TPSA) is 69.0 Å². The average molecular weight is 321 g/mol. The Morgan fingerprint density at radius 3 is 3.18 bits per heavy atom. The van der Waals surface area contributed by atoms with Crippen LogP contribution < -0.4 is 5.32 Å². The zero-order valence-electron chi connectivity index (χ0n) is 12.2. The molecule has 6 nitrogen and oxygen atoms in total. The van der Waals surface area contributed by atoms with Gasteiger partial charge in [-0.25, -0.2) is 4.98 Å². The number of nitrogens with zero attached hydrogens (tertiary/aromatic N) is 3. The van der Waals surface area contributed by atoms with E-state index in [4.69, 9.17) is 16.3 Å². The van der Waals surface area contributed by atoms with Crippen molar-refractivity contribution in [3.8, 4) is 0 Å². The number of halogens is 1. The van der Waals surface area contributed by atoms with Crippen LogP contribution >= 0.6 is 11.6 Å². The molecule has 2 atom stereocenters. The normalized spacial score (nSPS) is 21.0. The van der Waals surface area contributed by atoms with Crippen LogP contribution in [0.3, 0.4) is 0 Å². The van der Waals surface area contributed by atoms with E-state index in [-0.39, 0.29) is 18.1 Å². The number of rotatable bonds is 4. The number of ether oxygens (including phenoxy) is 1. The highest BCUT2D eigenvalue weighted by molar-refractivity contribution is 6.33. The van der Waals surface area contributed by atoms with Gasteiger partial charge < -0.3 is 14.6 Å². The third-order valence-electron chi connectivity index (χ3n) is 3.77. The fourth-order valence-corrected chi connectivity index (χ4v) is 2.85. The molecule has 0 spiro atoms. The lowest BCUT2D eigenvalue weighted by Crippen LogP contribution is -2.37. The maximum Gasteiger partial charge on any atom is 0.253 e. The van der Waals surface area contributed by atoms with Crippen LogP contribution in [-0.4, -0.2) is 33.1 Å². The summed E-state index contributed by atoms with van der Waals surface area (Å²) in [4.78, 5) is 20.6. The van der Waals surface area contributed by atoms with Crippen LogP contribution in [0, 0.1) is 0 Å². The summed E-state index contributed by atoms with van der Waals surface area (Å²) in [7, 11) is 0.